The van der Waals surface area contributed by atoms with Gasteiger partial charge in [0.2, 0.25) is 0 Å². The fraction of sp³-hybridized carbons (Fsp3) is 0.412. The predicted octanol–water partition coefficient (Wildman–Crippen LogP) is 3.64. The van der Waals surface area contributed by atoms with Crippen LogP contribution in [0.4, 0.5) is 0 Å². The first-order chi connectivity index (χ1) is 11.9. The van der Waals surface area contributed by atoms with Crippen LogP contribution in [0.25, 0.3) is 0 Å². The van der Waals surface area contributed by atoms with E-state index in [9.17, 15) is 10.4 Å². The molecule has 4 N–H and O–H groups in total. The topological polar surface area (TPSA) is 130 Å². The molecule has 1 unspecified atom stereocenters. The summed E-state index contributed by atoms with van der Waals surface area (Å²) in [7, 11) is 0. The van der Waals surface area contributed by atoms with Gasteiger partial charge in [-0.25, -0.2) is 0 Å². The van der Waals surface area contributed by atoms with Crippen LogP contribution in [-0.2, 0) is 0 Å². The highest BCUT2D eigenvalue weighted by Crippen LogP contribution is 2.25. The van der Waals surface area contributed by atoms with Crippen molar-refractivity contribution in [2.75, 3.05) is 0 Å². The normalized spacial score (nSPS) is 15.6. The Morgan fingerprint density at radius 2 is 1.20 bits per heavy atom. The van der Waals surface area contributed by atoms with Gasteiger partial charge < -0.3 is 20.8 Å². The quantitative estimate of drug-likeness (QED) is 0.340. The number of benzene rings is 1. The van der Waals surface area contributed by atoms with E-state index in [1.807, 2.05) is 12.1 Å². The van der Waals surface area contributed by atoms with Gasteiger partial charge in [0.15, 0.2) is 0 Å². The molecule has 0 radical (unpaired) electrons. The lowest BCUT2D eigenvalue weighted by Gasteiger charge is -2.20. The minimum atomic E-state index is -0.882. The van der Waals surface area contributed by atoms with Gasteiger partial charge in [0.25, 0.3) is 0 Å². The van der Waals surface area contributed by atoms with Crippen molar-refractivity contribution in [1.82, 2.24) is 0 Å². The van der Waals surface area contributed by atoms with Crippen molar-refractivity contribution in [3.05, 3.63) is 35.4 Å². The maximum Gasteiger partial charge on any atom is 0.118 e. The largest absolute Gasteiger partial charge is 0.411 e. The summed E-state index contributed by atoms with van der Waals surface area (Å²) in [4.78, 5) is 0. The second kappa shape index (κ2) is 9.41. The van der Waals surface area contributed by atoms with E-state index in [1.54, 1.807) is 12.1 Å². The monoisotopic (exact) mass is 348 g/mol. The van der Waals surface area contributed by atoms with Gasteiger partial charge in [-0.15, -0.1) is 0 Å². The van der Waals surface area contributed by atoms with Crippen molar-refractivity contribution in [3.63, 3.8) is 0 Å². The van der Waals surface area contributed by atoms with Crippen molar-refractivity contribution >= 4 is 22.8 Å². The average Bonchev–Trinajstić information content (AvgIpc) is 2.66. The van der Waals surface area contributed by atoms with Gasteiger partial charge in [-0.3, -0.25) is 0 Å². The molecule has 0 heterocycles. The van der Waals surface area contributed by atoms with Gasteiger partial charge in [-0.05, 0) is 37.3 Å². The van der Waals surface area contributed by atoms with Gasteiger partial charge in [0, 0.05) is 0 Å². The first-order valence-electron chi connectivity index (χ1n) is 7.86. The summed E-state index contributed by atoms with van der Waals surface area (Å²) in [5.41, 5.74) is 1.76. The van der Waals surface area contributed by atoms with Crippen LogP contribution in [0.3, 0.4) is 0 Å². The zero-order chi connectivity index (χ0) is 19.0. The molecule has 1 atom stereocenters. The number of hydrogen-bond acceptors (Lipinski definition) is 8. The minimum Gasteiger partial charge on any atom is -0.411 e. The molecule has 8 nitrogen and oxygen atoms in total. The van der Waals surface area contributed by atoms with Crippen LogP contribution in [0.5, 0.6) is 0 Å². The van der Waals surface area contributed by atoms with Crippen molar-refractivity contribution < 1.29 is 20.8 Å². The molecule has 0 bridgehead atoms. The van der Waals surface area contributed by atoms with Crippen molar-refractivity contribution in [2.45, 2.75) is 46.0 Å². The van der Waals surface area contributed by atoms with E-state index in [2.05, 4.69) is 34.5 Å². The van der Waals surface area contributed by atoms with Gasteiger partial charge in [-0.2, -0.15) is 0 Å². The molecule has 1 aromatic rings. The molecular weight excluding hydrogens is 324 g/mol. The molecule has 136 valence electrons. The lowest BCUT2D eigenvalue weighted by molar-refractivity contribution is 0.310. The van der Waals surface area contributed by atoms with E-state index in [0.717, 1.165) is 12.0 Å². The van der Waals surface area contributed by atoms with Gasteiger partial charge >= 0.3 is 0 Å². The summed E-state index contributed by atoms with van der Waals surface area (Å²) < 4.78 is 0. The van der Waals surface area contributed by atoms with Crippen LogP contribution in [-0.4, -0.2) is 43.7 Å². The maximum atomic E-state index is 9.40. The average molecular weight is 348 g/mol. The second-order valence-electron chi connectivity index (χ2n) is 5.75. The summed E-state index contributed by atoms with van der Waals surface area (Å²) in [5, 5.41) is 49.4. The highest BCUT2D eigenvalue weighted by atomic mass is 16.4. The maximum absolute atomic E-state index is 9.40. The Balaban J connectivity index is 3.51. The predicted molar refractivity (Wildman–Crippen MR) is 96.1 cm³/mol. The van der Waals surface area contributed by atoms with Crippen molar-refractivity contribution in [2.24, 2.45) is 20.6 Å². The Morgan fingerprint density at radius 1 is 0.800 bits per heavy atom. The highest BCUT2D eigenvalue weighted by Gasteiger charge is 2.30. The summed E-state index contributed by atoms with van der Waals surface area (Å²) in [6, 6.07) is 7.46. The van der Waals surface area contributed by atoms with Gasteiger partial charge in [-0.1, -0.05) is 58.7 Å². The van der Waals surface area contributed by atoms with E-state index in [1.165, 1.54) is 13.8 Å². The first-order valence-corrected chi connectivity index (χ1v) is 7.86. The third-order valence-corrected chi connectivity index (χ3v) is 4.25. The Bertz CT molecular complexity index is 659. The Labute approximate surface area is 146 Å². The molecule has 0 saturated carbocycles. The zero-order valence-electron chi connectivity index (χ0n) is 14.7. The summed E-state index contributed by atoms with van der Waals surface area (Å²) in [6.07, 6.45) is 0.988. The Hall–Kier alpha value is -2.90. The molecule has 0 aliphatic rings. The molecule has 0 aliphatic heterocycles. The van der Waals surface area contributed by atoms with Crippen LogP contribution in [0.15, 0.2) is 44.9 Å². The molecule has 1 aromatic carbocycles. The van der Waals surface area contributed by atoms with Crippen LogP contribution >= 0.6 is 0 Å². The molecule has 0 spiro atoms. The second-order valence-corrected chi connectivity index (χ2v) is 5.75. The van der Waals surface area contributed by atoms with Crippen LogP contribution < -0.4 is 0 Å². The highest BCUT2D eigenvalue weighted by molar-refractivity contribution is 6.55. The summed E-state index contributed by atoms with van der Waals surface area (Å²) in [6.45, 7) is 7.08. The molecule has 0 amide bonds. The zero-order valence-corrected chi connectivity index (χ0v) is 14.7. The van der Waals surface area contributed by atoms with Crippen LogP contribution in [0, 0.1) is 0 Å². The van der Waals surface area contributed by atoms with Gasteiger partial charge in [0.1, 0.15) is 22.8 Å². The van der Waals surface area contributed by atoms with Crippen LogP contribution in [0.2, 0.25) is 0 Å². The molecule has 0 aliphatic carbocycles. The molecule has 25 heavy (non-hydrogen) atoms. The fourth-order valence-electron chi connectivity index (χ4n) is 2.48. The number of hydrogen-bond donors (Lipinski definition) is 4. The number of oxime groups is 4. The molecule has 0 saturated heterocycles. The van der Waals surface area contributed by atoms with E-state index in [-0.39, 0.29) is 22.8 Å². The molecular formula is C17H24N4O4. The summed E-state index contributed by atoms with van der Waals surface area (Å²) >= 11 is 0. The Kier molecular flexibility index (Phi) is 7.58. The van der Waals surface area contributed by atoms with E-state index >= 15 is 0 Å². The number of nitrogens with zero attached hydrogens (tertiary/aromatic N) is 4. The fourth-order valence-corrected chi connectivity index (χ4v) is 2.48. The summed E-state index contributed by atoms with van der Waals surface area (Å²) in [5.74, 6) is -0.501. The van der Waals surface area contributed by atoms with E-state index < -0.39 is 5.92 Å². The smallest absolute Gasteiger partial charge is 0.118 e. The van der Waals surface area contributed by atoms with Crippen molar-refractivity contribution in [3.8, 4) is 0 Å². The molecule has 0 fully saturated rings. The Morgan fingerprint density at radius 3 is 1.52 bits per heavy atom. The lowest BCUT2D eigenvalue weighted by atomic mass is 9.84. The standard InChI is InChI=1S/C17H24N4O4/c1-5-10(2)13-6-8-14(9-7-13)15(16(20-24)11(3)18-22)17(21-25)12(4)19-23/h6-10,15,22-25H,5H2,1-4H3/b18-11-,19-12-,20-16+,21-17+. The van der Waals surface area contributed by atoms with E-state index in [4.69, 9.17) is 10.4 Å². The third kappa shape index (κ3) is 4.56. The molecule has 8 heteroatoms. The van der Waals surface area contributed by atoms with Crippen molar-refractivity contribution in [1.29, 1.82) is 0 Å². The molecule has 0 aromatic heterocycles. The first kappa shape index (κ1) is 20.1. The SMILES string of the molecule is CCC(C)c1ccc(C(C(=N/O)/C(C)=N\O)C(=N/O)/C(C)=N\O)cc1. The minimum absolute atomic E-state index is 0.0328. The lowest BCUT2D eigenvalue weighted by Crippen LogP contribution is -2.31. The third-order valence-electron chi connectivity index (χ3n) is 4.25. The van der Waals surface area contributed by atoms with Crippen LogP contribution in [0.1, 0.15) is 57.1 Å². The molecule has 1 rings (SSSR count). The van der Waals surface area contributed by atoms with E-state index in [0.29, 0.717) is 11.5 Å². The number of rotatable bonds is 7. The van der Waals surface area contributed by atoms with Gasteiger partial charge in [0.05, 0.1) is 5.92 Å².